The summed E-state index contributed by atoms with van der Waals surface area (Å²) in [7, 11) is -4.89. The van der Waals surface area contributed by atoms with E-state index in [9.17, 15) is 4.79 Å². The van der Waals surface area contributed by atoms with Crippen molar-refractivity contribution in [2.45, 2.75) is 32.3 Å². The molecule has 1 heterocycles. The highest BCUT2D eigenvalue weighted by atomic mass is 31.2. The van der Waals surface area contributed by atoms with Gasteiger partial charge in [-0.25, -0.2) is 4.79 Å². The third kappa shape index (κ3) is 10.7. The highest BCUT2D eigenvalue weighted by Gasteiger charge is 2.16. The Labute approximate surface area is 188 Å². The fourth-order valence-electron chi connectivity index (χ4n) is 3.43. The lowest BCUT2D eigenvalue weighted by molar-refractivity contribution is -0.905. The number of anilines is 1. The van der Waals surface area contributed by atoms with Gasteiger partial charge in [-0.3, -0.25) is 4.57 Å². The molecule has 1 aliphatic heterocycles. The van der Waals surface area contributed by atoms with Crippen molar-refractivity contribution < 1.29 is 38.4 Å². The molecule has 1 saturated heterocycles. The SMILES string of the molecule is Nc1ccc(C(=O)OCCC[NH+]2CCCCC2)c(OCc2ccccc2)c1.O=P([O-])(O)O. The van der Waals surface area contributed by atoms with Gasteiger partial charge in [-0.2, -0.15) is 0 Å². The predicted molar refractivity (Wildman–Crippen MR) is 118 cm³/mol. The molecule has 0 aliphatic carbocycles. The summed E-state index contributed by atoms with van der Waals surface area (Å²) in [6, 6.07) is 14.9. The molecule has 1 fully saturated rings. The molecule has 5 N–H and O–H groups in total. The van der Waals surface area contributed by atoms with E-state index >= 15 is 0 Å². The third-order valence-electron chi connectivity index (χ3n) is 4.93. The molecule has 0 radical (unpaired) electrons. The molecule has 0 unspecified atom stereocenters. The summed E-state index contributed by atoms with van der Waals surface area (Å²) >= 11 is 0. The quantitative estimate of drug-likeness (QED) is 0.194. The number of rotatable bonds is 8. The lowest BCUT2D eigenvalue weighted by Gasteiger charge is -2.23. The van der Waals surface area contributed by atoms with Crippen molar-refractivity contribution in [2.24, 2.45) is 0 Å². The maximum absolute atomic E-state index is 12.5. The van der Waals surface area contributed by atoms with Gasteiger partial charge < -0.3 is 34.8 Å². The molecule has 2 aromatic carbocycles. The van der Waals surface area contributed by atoms with Gasteiger partial charge in [-0.15, -0.1) is 0 Å². The van der Waals surface area contributed by atoms with Crippen LogP contribution in [0.1, 0.15) is 41.6 Å². The van der Waals surface area contributed by atoms with Crippen molar-refractivity contribution in [3.05, 3.63) is 59.7 Å². The van der Waals surface area contributed by atoms with E-state index in [1.165, 1.54) is 32.4 Å². The smallest absolute Gasteiger partial charge is 0.341 e. The molecule has 2 aromatic rings. The lowest BCUT2D eigenvalue weighted by Crippen LogP contribution is -3.12. The van der Waals surface area contributed by atoms with Crippen LogP contribution >= 0.6 is 7.82 Å². The fourth-order valence-corrected chi connectivity index (χ4v) is 3.43. The number of carbonyl (C=O) groups excluding carboxylic acids is 1. The van der Waals surface area contributed by atoms with Gasteiger partial charge in [0.2, 0.25) is 0 Å². The van der Waals surface area contributed by atoms with Crippen molar-refractivity contribution >= 4 is 19.5 Å². The summed E-state index contributed by atoms with van der Waals surface area (Å²) in [6.45, 7) is 4.35. The predicted octanol–water partition coefficient (Wildman–Crippen LogP) is 0.903. The highest BCUT2D eigenvalue weighted by molar-refractivity contribution is 7.43. The third-order valence-corrected chi connectivity index (χ3v) is 4.93. The van der Waals surface area contributed by atoms with Crippen LogP contribution in [0.25, 0.3) is 0 Å². The van der Waals surface area contributed by atoms with Crippen LogP contribution in [0.2, 0.25) is 0 Å². The number of phosphoric acid groups is 1. The minimum Gasteiger partial charge on any atom is -0.756 e. The number of ether oxygens (including phenoxy) is 2. The van der Waals surface area contributed by atoms with E-state index in [0.29, 0.717) is 30.2 Å². The number of likely N-dealkylation sites (tertiary alicyclic amines) is 1. The summed E-state index contributed by atoms with van der Waals surface area (Å²) < 4.78 is 20.1. The lowest BCUT2D eigenvalue weighted by atomic mass is 10.1. The number of benzene rings is 2. The fraction of sp³-hybridized carbons (Fsp3) is 0.409. The van der Waals surface area contributed by atoms with Crippen molar-refractivity contribution in [2.75, 3.05) is 32.0 Å². The summed E-state index contributed by atoms with van der Waals surface area (Å²) in [4.78, 5) is 37.0. The number of esters is 1. The molecule has 3 rings (SSSR count). The van der Waals surface area contributed by atoms with Crippen LogP contribution in [0.4, 0.5) is 5.69 Å². The zero-order valence-electron chi connectivity index (χ0n) is 17.9. The van der Waals surface area contributed by atoms with Gasteiger partial charge in [-0.05, 0) is 37.0 Å². The Kier molecular flexibility index (Phi) is 10.7. The number of carbonyl (C=O) groups is 1. The normalized spacial score (nSPS) is 14.2. The van der Waals surface area contributed by atoms with Gasteiger partial charge >= 0.3 is 5.97 Å². The van der Waals surface area contributed by atoms with E-state index in [4.69, 9.17) is 34.5 Å². The second-order valence-corrected chi connectivity index (χ2v) is 8.55. The Bertz CT molecular complexity index is 875. The van der Waals surface area contributed by atoms with E-state index in [1.807, 2.05) is 30.3 Å². The van der Waals surface area contributed by atoms with Gasteiger partial charge in [0, 0.05) is 18.2 Å². The minimum atomic E-state index is -4.89. The van der Waals surface area contributed by atoms with Gasteiger partial charge in [0.25, 0.3) is 7.82 Å². The number of piperidine rings is 1. The Hall–Kier alpha value is -2.42. The summed E-state index contributed by atoms with van der Waals surface area (Å²) in [5.74, 6) is 0.109. The monoisotopic (exact) mass is 466 g/mol. The molecule has 0 atom stereocenters. The molecule has 32 heavy (non-hydrogen) atoms. The number of nitrogen functional groups attached to an aromatic ring is 1. The number of hydrogen-bond acceptors (Lipinski definition) is 6. The van der Waals surface area contributed by atoms with Crippen LogP contribution in [0.5, 0.6) is 5.75 Å². The largest absolute Gasteiger partial charge is 0.756 e. The summed E-state index contributed by atoms with van der Waals surface area (Å²) in [6.07, 6.45) is 4.85. The molecule has 0 saturated carbocycles. The van der Waals surface area contributed by atoms with Gasteiger partial charge in [0.1, 0.15) is 17.9 Å². The molecule has 0 aromatic heterocycles. The van der Waals surface area contributed by atoms with Gasteiger partial charge in [0.05, 0.1) is 26.2 Å². The van der Waals surface area contributed by atoms with Crippen LogP contribution in [0.3, 0.4) is 0 Å². The van der Waals surface area contributed by atoms with Crippen molar-refractivity contribution in [1.29, 1.82) is 0 Å². The van der Waals surface area contributed by atoms with Crippen LogP contribution < -0.4 is 20.3 Å². The Balaban J connectivity index is 0.000000654. The first-order valence-electron chi connectivity index (χ1n) is 10.6. The first-order valence-corrected chi connectivity index (χ1v) is 12.1. The molecular formula is C22H31N2O7P. The summed E-state index contributed by atoms with van der Waals surface area (Å²) in [5.41, 5.74) is 7.88. The number of quaternary nitrogens is 1. The number of hydrogen-bond donors (Lipinski definition) is 4. The average molecular weight is 466 g/mol. The molecule has 0 amide bonds. The van der Waals surface area contributed by atoms with Crippen LogP contribution in [-0.2, 0) is 15.9 Å². The Morgan fingerprint density at radius 2 is 1.75 bits per heavy atom. The molecule has 176 valence electrons. The van der Waals surface area contributed by atoms with E-state index in [0.717, 1.165) is 18.5 Å². The Morgan fingerprint density at radius 3 is 2.41 bits per heavy atom. The molecule has 9 nitrogen and oxygen atoms in total. The van der Waals surface area contributed by atoms with E-state index in [2.05, 4.69) is 0 Å². The maximum Gasteiger partial charge on any atom is 0.341 e. The average Bonchev–Trinajstić information content (AvgIpc) is 2.75. The minimum absolute atomic E-state index is 0.355. The summed E-state index contributed by atoms with van der Waals surface area (Å²) in [5, 5.41) is 0. The molecule has 0 spiro atoms. The second-order valence-electron chi connectivity index (χ2n) is 7.57. The molecule has 1 aliphatic rings. The second kappa shape index (κ2) is 13.2. The van der Waals surface area contributed by atoms with Crippen molar-refractivity contribution in [3.63, 3.8) is 0 Å². The first kappa shape index (κ1) is 25.8. The first-order chi connectivity index (χ1) is 15.2. The molecular weight excluding hydrogens is 435 g/mol. The van der Waals surface area contributed by atoms with Gasteiger partial charge in [-0.1, -0.05) is 30.3 Å². The highest BCUT2D eigenvalue weighted by Crippen LogP contribution is 2.24. The number of nitrogens with two attached hydrogens (primary N) is 1. The zero-order chi connectivity index (χ0) is 23.4. The van der Waals surface area contributed by atoms with Crippen molar-refractivity contribution in [3.8, 4) is 5.75 Å². The van der Waals surface area contributed by atoms with E-state index < -0.39 is 7.82 Å². The standard InChI is InChI=1S/C22H28N2O3.H3O4P/c23-19-10-11-20(21(16-19)27-17-18-8-3-1-4-9-18)22(25)26-15-7-14-24-12-5-2-6-13-24;1-5(2,3)4/h1,3-4,8-11,16H,2,5-7,12-15,17,23H2;(H3,1,2,3,4). The van der Waals surface area contributed by atoms with Crippen LogP contribution in [0.15, 0.2) is 48.5 Å². The van der Waals surface area contributed by atoms with Gasteiger partial charge in [0.15, 0.2) is 0 Å². The van der Waals surface area contributed by atoms with Crippen LogP contribution in [0, 0.1) is 0 Å². The van der Waals surface area contributed by atoms with Crippen molar-refractivity contribution in [1.82, 2.24) is 0 Å². The van der Waals surface area contributed by atoms with E-state index in [1.54, 1.807) is 23.1 Å². The molecule has 0 bridgehead atoms. The Morgan fingerprint density at radius 1 is 1.09 bits per heavy atom. The van der Waals surface area contributed by atoms with Crippen LogP contribution in [-0.4, -0.2) is 42.0 Å². The molecule has 10 heteroatoms. The van der Waals surface area contributed by atoms with E-state index in [-0.39, 0.29) is 5.97 Å². The number of nitrogens with one attached hydrogen (secondary N) is 1. The maximum atomic E-state index is 12.5. The topological polar surface area (TPSA) is 147 Å². The zero-order valence-corrected chi connectivity index (χ0v) is 18.8.